The molecule has 0 N–H and O–H groups in total. The molecule has 5 rings (SSSR count). The van der Waals surface area contributed by atoms with Gasteiger partial charge in [0.1, 0.15) is 16.8 Å². The van der Waals surface area contributed by atoms with Gasteiger partial charge in [0.2, 0.25) is 0 Å². The van der Waals surface area contributed by atoms with Crippen LogP contribution in [0.1, 0.15) is 31.0 Å². The van der Waals surface area contributed by atoms with Crippen LogP contribution in [0.5, 0.6) is 0 Å². The Hall–Kier alpha value is -2.54. The minimum absolute atomic E-state index is 0.103. The van der Waals surface area contributed by atoms with E-state index in [1.165, 1.54) is 24.3 Å². The van der Waals surface area contributed by atoms with E-state index in [9.17, 15) is 8.78 Å². The third-order valence-corrected chi connectivity index (χ3v) is 7.53. The number of fused-ring (bicyclic) bond motifs is 1. The van der Waals surface area contributed by atoms with Crippen molar-refractivity contribution < 1.29 is 8.78 Å². The summed E-state index contributed by atoms with van der Waals surface area (Å²) in [5.41, 5.74) is 4.01. The molecule has 2 aromatic carbocycles. The molecule has 0 aliphatic carbocycles. The van der Waals surface area contributed by atoms with Crippen LogP contribution in [-0.4, -0.2) is 35.1 Å². The number of pyridine rings is 1. The molecule has 0 radical (unpaired) electrons. The molecule has 7 heteroatoms. The Bertz CT molecular complexity index is 1210. The summed E-state index contributed by atoms with van der Waals surface area (Å²) in [4.78, 5) is 9.28. The summed E-state index contributed by atoms with van der Waals surface area (Å²) in [5, 5.41) is 2.54. The normalized spacial score (nSPS) is 19.5. The smallest absolute Gasteiger partial charge is 0.131 e. The molecule has 1 aliphatic rings. The van der Waals surface area contributed by atoms with Gasteiger partial charge in [0.15, 0.2) is 0 Å². The molecule has 33 heavy (non-hydrogen) atoms. The summed E-state index contributed by atoms with van der Waals surface area (Å²) in [6.45, 7) is 5.99. The highest BCUT2D eigenvalue weighted by Gasteiger charge is 2.35. The highest BCUT2D eigenvalue weighted by atomic mass is 35.5. The van der Waals surface area contributed by atoms with E-state index in [0.717, 1.165) is 40.1 Å². The zero-order valence-electron chi connectivity index (χ0n) is 18.4. The molecule has 2 atom stereocenters. The number of anilines is 1. The van der Waals surface area contributed by atoms with Crippen molar-refractivity contribution in [3.8, 4) is 0 Å². The van der Waals surface area contributed by atoms with Gasteiger partial charge >= 0.3 is 0 Å². The fourth-order valence-corrected chi connectivity index (χ4v) is 5.89. The minimum Gasteiger partial charge on any atom is -0.365 e. The van der Waals surface area contributed by atoms with Crippen LogP contribution in [0.4, 0.5) is 14.5 Å². The van der Waals surface area contributed by atoms with Gasteiger partial charge in [-0.3, -0.25) is 4.90 Å². The third-order valence-electron chi connectivity index (χ3n) is 6.41. The van der Waals surface area contributed by atoms with Crippen molar-refractivity contribution in [1.82, 2.24) is 9.88 Å². The average molecular weight is 484 g/mol. The number of aromatic nitrogens is 1. The standard InChI is InChI=1S/C26H24ClF2N3S/c1-16-15-32(17(2)14-31(16)23-13-24(27)30-22-11-12-33-26(22)23)25(18-3-7-20(28)8-4-18)19-5-9-21(29)10-6-19/h3-13,16-17,25H,14-15H2,1-2H3/t16-,17+/m0/s1. The maximum Gasteiger partial charge on any atom is 0.131 e. The Morgan fingerprint density at radius 1 is 0.909 bits per heavy atom. The van der Waals surface area contributed by atoms with E-state index in [1.54, 1.807) is 11.3 Å². The van der Waals surface area contributed by atoms with Crippen LogP contribution in [0, 0.1) is 11.6 Å². The highest BCUT2D eigenvalue weighted by molar-refractivity contribution is 7.17. The first-order chi connectivity index (χ1) is 15.9. The second-order valence-electron chi connectivity index (χ2n) is 8.65. The van der Waals surface area contributed by atoms with E-state index in [0.29, 0.717) is 5.15 Å². The first-order valence-electron chi connectivity index (χ1n) is 11.0. The zero-order chi connectivity index (χ0) is 23.1. The predicted octanol–water partition coefficient (Wildman–Crippen LogP) is 6.92. The summed E-state index contributed by atoms with van der Waals surface area (Å²) < 4.78 is 28.5. The van der Waals surface area contributed by atoms with Crippen LogP contribution in [0.3, 0.4) is 0 Å². The lowest BCUT2D eigenvalue weighted by Gasteiger charge is -2.48. The van der Waals surface area contributed by atoms with Gasteiger partial charge in [0.25, 0.3) is 0 Å². The lowest BCUT2D eigenvalue weighted by molar-refractivity contribution is 0.130. The monoisotopic (exact) mass is 483 g/mol. The van der Waals surface area contributed by atoms with Gasteiger partial charge in [-0.25, -0.2) is 13.8 Å². The Morgan fingerprint density at radius 3 is 2.12 bits per heavy atom. The minimum atomic E-state index is -0.266. The van der Waals surface area contributed by atoms with Crippen molar-refractivity contribution in [3.05, 3.63) is 94.0 Å². The summed E-state index contributed by atoms with van der Waals surface area (Å²) in [5.74, 6) is -0.533. The van der Waals surface area contributed by atoms with E-state index in [2.05, 4.69) is 28.6 Å². The third kappa shape index (κ3) is 4.35. The molecule has 4 aromatic rings. The molecule has 170 valence electrons. The molecule has 1 saturated heterocycles. The number of piperazine rings is 1. The number of hydrogen-bond acceptors (Lipinski definition) is 4. The Balaban J connectivity index is 1.51. The van der Waals surface area contributed by atoms with Crippen LogP contribution in [0.2, 0.25) is 5.15 Å². The van der Waals surface area contributed by atoms with Crippen molar-refractivity contribution in [1.29, 1.82) is 0 Å². The number of rotatable bonds is 4. The van der Waals surface area contributed by atoms with Crippen molar-refractivity contribution in [2.24, 2.45) is 0 Å². The predicted molar refractivity (Wildman–Crippen MR) is 132 cm³/mol. The Morgan fingerprint density at radius 2 is 1.52 bits per heavy atom. The quantitative estimate of drug-likeness (QED) is 0.294. The zero-order valence-corrected chi connectivity index (χ0v) is 20.0. The fourth-order valence-electron chi connectivity index (χ4n) is 4.84. The van der Waals surface area contributed by atoms with Gasteiger partial charge in [0, 0.05) is 31.2 Å². The summed E-state index contributed by atoms with van der Waals surface area (Å²) in [6, 6.07) is 17.5. The second kappa shape index (κ2) is 9.01. The lowest BCUT2D eigenvalue weighted by atomic mass is 9.93. The first-order valence-corrected chi connectivity index (χ1v) is 12.2. The van der Waals surface area contributed by atoms with Crippen LogP contribution < -0.4 is 4.90 Å². The summed E-state index contributed by atoms with van der Waals surface area (Å²) >= 11 is 8.02. The molecule has 3 nitrogen and oxygen atoms in total. The van der Waals surface area contributed by atoms with E-state index in [4.69, 9.17) is 11.6 Å². The molecule has 1 fully saturated rings. The number of hydrogen-bond donors (Lipinski definition) is 0. The molecule has 0 spiro atoms. The number of nitrogens with zero attached hydrogens (tertiary/aromatic N) is 3. The fraction of sp³-hybridized carbons (Fsp3) is 0.269. The van der Waals surface area contributed by atoms with Crippen molar-refractivity contribution >= 4 is 38.8 Å². The van der Waals surface area contributed by atoms with E-state index >= 15 is 0 Å². The van der Waals surface area contributed by atoms with Gasteiger partial charge < -0.3 is 4.90 Å². The molecular formula is C26H24ClF2N3S. The average Bonchev–Trinajstić information content (AvgIpc) is 3.26. The summed E-state index contributed by atoms with van der Waals surface area (Å²) in [7, 11) is 0. The van der Waals surface area contributed by atoms with E-state index in [1.807, 2.05) is 41.8 Å². The second-order valence-corrected chi connectivity index (χ2v) is 9.96. The van der Waals surface area contributed by atoms with E-state index < -0.39 is 0 Å². The van der Waals surface area contributed by atoms with Gasteiger partial charge in [-0.1, -0.05) is 35.9 Å². The lowest BCUT2D eigenvalue weighted by Crippen LogP contribution is -2.57. The first kappa shape index (κ1) is 22.3. The maximum absolute atomic E-state index is 13.7. The summed E-state index contributed by atoms with van der Waals surface area (Å²) in [6.07, 6.45) is 0. The van der Waals surface area contributed by atoms with Crippen LogP contribution in [0.15, 0.2) is 66.0 Å². The number of benzene rings is 2. The van der Waals surface area contributed by atoms with Crippen molar-refractivity contribution in [2.75, 3.05) is 18.0 Å². The van der Waals surface area contributed by atoms with Crippen LogP contribution in [0.25, 0.3) is 10.2 Å². The van der Waals surface area contributed by atoms with Gasteiger partial charge in [-0.15, -0.1) is 11.3 Å². The number of thiophene rings is 1. The Kier molecular flexibility index (Phi) is 6.08. The molecular weight excluding hydrogens is 460 g/mol. The maximum atomic E-state index is 13.7. The molecule has 0 unspecified atom stereocenters. The van der Waals surface area contributed by atoms with Crippen LogP contribution in [-0.2, 0) is 0 Å². The van der Waals surface area contributed by atoms with E-state index in [-0.39, 0.29) is 29.8 Å². The molecule has 2 aromatic heterocycles. The number of halogens is 3. The topological polar surface area (TPSA) is 19.4 Å². The molecule has 1 aliphatic heterocycles. The highest BCUT2D eigenvalue weighted by Crippen LogP contribution is 2.38. The largest absolute Gasteiger partial charge is 0.365 e. The van der Waals surface area contributed by atoms with Crippen molar-refractivity contribution in [3.63, 3.8) is 0 Å². The van der Waals surface area contributed by atoms with Crippen molar-refractivity contribution in [2.45, 2.75) is 32.0 Å². The Labute approximate surface area is 201 Å². The van der Waals surface area contributed by atoms with Gasteiger partial charge in [0.05, 0.1) is 21.9 Å². The molecule has 0 bridgehead atoms. The molecule has 3 heterocycles. The van der Waals surface area contributed by atoms with Crippen LogP contribution >= 0.6 is 22.9 Å². The SMILES string of the molecule is C[C@@H]1CN(c2cc(Cl)nc3ccsc23)[C@@H](C)CN1C(c1ccc(F)cc1)c1ccc(F)cc1. The van der Waals surface area contributed by atoms with Gasteiger partial charge in [-0.05, 0) is 60.7 Å². The molecule has 0 saturated carbocycles. The molecule has 0 amide bonds. The van der Waals surface area contributed by atoms with Gasteiger partial charge in [-0.2, -0.15) is 0 Å².